The second-order valence-electron chi connectivity index (χ2n) is 6.37. The number of rotatable bonds is 4. The van der Waals surface area contributed by atoms with Gasteiger partial charge in [0.25, 0.3) is 5.91 Å². The number of hydrogen-bond acceptors (Lipinski definition) is 3. The Labute approximate surface area is 164 Å². The van der Waals surface area contributed by atoms with E-state index in [9.17, 15) is 22.8 Å². The molecule has 0 saturated heterocycles. The fourth-order valence-corrected chi connectivity index (χ4v) is 2.98. The van der Waals surface area contributed by atoms with Crippen molar-refractivity contribution in [2.24, 2.45) is 0 Å². The number of carbonyl (C=O) groups excluding carboxylic acids is 2. The first-order chi connectivity index (χ1) is 13.7. The first-order valence-electron chi connectivity index (χ1n) is 8.60. The van der Waals surface area contributed by atoms with Gasteiger partial charge < -0.3 is 20.7 Å². The van der Waals surface area contributed by atoms with Crippen LogP contribution in [0, 0.1) is 0 Å². The van der Waals surface area contributed by atoms with Gasteiger partial charge in [0.05, 0.1) is 24.3 Å². The quantitative estimate of drug-likeness (QED) is 0.720. The third-order valence-corrected chi connectivity index (χ3v) is 4.43. The molecule has 3 amide bonds. The molecular weight excluding hydrogens is 387 g/mol. The number of nitrogens with one attached hydrogen (secondary N) is 3. The van der Waals surface area contributed by atoms with E-state index in [0.717, 1.165) is 12.1 Å². The van der Waals surface area contributed by atoms with Gasteiger partial charge in [0.2, 0.25) is 0 Å². The standard InChI is InChI=1S/C20H18F3N3O3/c1-11-16(18(27)25-14-7-9-15(29-2)10-8-14)17(26-19(28)24-11)12-3-5-13(6-4-12)20(21,22)23/h3-10,17H,1-2H3,(H,25,27)(H2,24,26,28). The number of ether oxygens (including phenoxy) is 1. The van der Waals surface area contributed by atoms with Crippen molar-refractivity contribution in [3.8, 4) is 5.75 Å². The molecule has 0 fully saturated rings. The highest BCUT2D eigenvalue weighted by molar-refractivity contribution is 6.06. The van der Waals surface area contributed by atoms with Crippen molar-refractivity contribution >= 4 is 17.6 Å². The first-order valence-corrected chi connectivity index (χ1v) is 8.60. The van der Waals surface area contributed by atoms with E-state index in [4.69, 9.17) is 4.74 Å². The summed E-state index contributed by atoms with van der Waals surface area (Å²) in [6.07, 6.45) is -4.48. The van der Waals surface area contributed by atoms with Crippen LogP contribution in [0.3, 0.4) is 0 Å². The molecule has 0 saturated carbocycles. The number of allylic oxidation sites excluding steroid dienone is 1. The SMILES string of the molecule is COc1ccc(NC(=O)C2=C(C)NC(=O)NC2c2ccc(C(F)(F)F)cc2)cc1. The van der Waals surface area contributed by atoms with Gasteiger partial charge >= 0.3 is 12.2 Å². The van der Waals surface area contributed by atoms with Crippen LogP contribution in [0.4, 0.5) is 23.7 Å². The maximum absolute atomic E-state index is 12.9. The molecule has 0 spiro atoms. The summed E-state index contributed by atoms with van der Waals surface area (Å²) < 4.78 is 43.5. The van der Waals surface area contributed by atoms with Crippen LogP contribution in [0.15, 0.2) is 59.8 Å². The average Bonchev–Trinajstić information content (AvgIpc) is 2.67. The summed E-state index contributed by atoms with van der Waals surface area (Å²) in [6, 6.07) is 9.51. The zero-order chi connectivity index (χ0) is 21.2. The van der Waals surface area contributed by atoms with Gasteiger partial charge in [-0.2, -0.15) is 13.2 Å². The number of methoxy groups -OCH3 is 1. The van der Waals surface area contributed by atoms with E-state index in [1.54, 1.807) is 31.2 Å². The number of hydrogen-bond donors (Lipinski definition) is 3. The lowest BCUT2D eigenvalue weighted by Gasteiger charge is -2.29. The molecule has 29 heavy (non-hydrogen) atoms. The highest BCUT2D eigenvalue weighted by atomic mass is 19.4. The topological polar surface area (TPSA) is 79.5 Å². The molecule has 9 heteroatoms. The summed E-state index contributed by atoms with van der Waals surface area (Å²) in [4.78, 5) is 24.8. The van der Waals surface area contributed by atoms with E-state index >= 15 is 0 Å². The zero-order valence-electron chi connectivity index (χ0n) is 15.6. The molecular formula is C20H18F3N3O3. The Kier molecular flexibility index (Phi) is 5.49. The summed E-state index contributed by atoms with van der Waals surface area (Å²) in [6.45, 7) is 1.55. The molecule has 2 aromatic carbocycles. The molecule has 152 valence electrons. The Morgan fingerprint density at radius 1 is 1.07 bits per heavy atom. The highest BCUT2D eigenvalue weighted by Crippen LogP contribution is 2.32. The van der Waals surface area contributed by atoms with Crippen LogP contribution in [0.5, 0.6) is 5.75 Å². The number of benzene rings is 2. The lowest BCUT2D eigenvalue weighted by atomic mass is 9.94. The monoisotopic (exact) mass is 405 g/mol. The minimum Gasteiger partial charge on any atom is -0.497 e. The summed E-state index contributed by atoms with van der Waals surface area (Å²) in [5.41, 5.74) is 0.544. The lowest BCUT2D eigenvalue weighted by Crippen LogP contribution is -2.46. The van der Waals surface area contributed by atoms with Crippen LogP contribution in [0.2, 0.25) is 0 Å². The van der Waals surface area contributed by atoms with Crippen molar-refractivity contribution in [3.05, 3.63) is 70.9 Å². The van der Waals surface area contributed by atoms with Crippen molar-refractivity contribution in [2.75, 3.05) is 12.4 Å². The van der Waals surface area contributed by atoms with Crippen molar-refractivity contribution in [1.82, 2.24) is 10.6 Å². The molecule has 3 rings (SSSR count). The van der Waals surface area contributed by atoms with Crippen LogP contribution in [-0.4, -0.2) is 19.0 Å². The van der Waals surface area contributed by atoms with Gasteiger partial charge in [0, 0.05) is 11.4 Å². The van der Waals surface area contributed by atoms with Crippen molar-refractivity contribution in [3.63, 3.8) is 0 Å². The molecule has 1 aliphatic heterocycles. The minimum absolute atomic E-state index is 0.195. The summed E-state index contributed by atoms with van der Waals surface area (Å²) >= 11 is 0. The average molecular weight is 405 g/mol. The molecule has 3 N–H and O–H groups in total. The number of carbonyl (C=O) groups is 2. The fraction of sp³-hybridized carbons (Fsp3) is 0.200. The van der Waals surface area contributed by atoms with Gasteiger partial charge in [0.1, 0.15) is 5.75 Å². The lowest BCUT2D eigenvalue weighted by molar-refractivity contribution is -0.137. The number of amides is 3. The molecule has 1 atom stereocenters. The number of urea groups is 1. The van der Waals surface area contributed by atoms with Gasteiger partial charge in [-0.3, -0.25) is 4.79 Å². The van der Waals surface area contributed by atoms with Crippen LogP contribution in [0.25, 0.3) is 0 Å². The number of alkyl halides is 3. The highest BCUT2D eigenvalue weighted by Gasteiger charge is 2.33. The van der Waals surface area contributed by atoms with Crippen LogP contribution in [-0.2, 0) is 11.0 Å². The van der Waals surface area contributed by atoms with E-state index in [1.165, 1.54) is 19.2 Å². The maximum atomic E-state index is 12.9. The van der Waals surface area contributed by atoms with Gasteiger partial charge in [-0.05, 0) is 48.9 Å². The molecule has 0 bridgehead atoms. The Morgan fingerprint density at radius 2 is 1.69 bits per heavy atom. The third-order valence-electron chi connectivity index (χ3n) is 4.43. The van der Waals surface area contributed by atoms with E-state index < -0.39 is 29.7 Å². The second kappa shape index (κ2) is 7.86. The van der Waals surface area contributed by atoms with Crippen molar-refractivity contribution in [2.45, 2.75) is 19.1 Å². The van der Waals surface area contributed by atoms with Crippen LogP contribution < -0.4 is 20.7 Å². The normalized spacial score (nSPS) is 16.7. The molecule has 1 aliphatic rings. The Balaban J connectivity index is 1.89. The van der Waals surface area contributed by atoms with Gasteiger partial charge in [-0.15, -0.1) is 0 Å². The summed E-state index contributed by atoms with van der Waals surface area (Å²) in [5.74, 6) is 0.123. The smallest absolute Gasteiger partial charge is 0.416 e. The minimum atomic E-state index is -4.48. The molecule has 0 aliphatic carbocycles. The Hall–Kier alpha value is -3.49. The maximum Gasteiger partial charge on any atom is 0.416 e. The number of halogens is 3. The Bertz CT molecular complexity index is 952. The van der Waals surface area contributed by atoms with Crippen LogP contribution in [0.1, 0.15) is 24.1 Å². The zero-order valence-corrected chi connectivity index (χ0v) is 15.6. The number of anilines is 1. The molecule has 0 aromatic heterocycles. The van der Waals surface area contributed by atoms with Gasteiger partial charge in [-0.1, -0.05) is 12.1 Å². The molecule has 2 aromatic rings. The van der Waals surface area contributed by atoms with Gasteiger partial charge in [0.15, 0.2) is 0 Å². The Morgan fingerprint density at radius 3 is 2.24 bits per heavy atom. The van der Waals surface area contributed by atoms with Gasteiger partial charge in [-0.25, -0.2) is 4.79 Å². The van der Waals surface area contributed by atoms with Crippen molar-refractivity contribution < 1.29 is 27.5 Å². The summed E-state index contributed by atoms with van der Waals surface area (Å²) in [5, 5.41) is 7.82. The third kappa shape index (κ3) is 4.50. The van der Waals surface area contributed by atoms with Crippen LogP contribution >= 0.6 is 0 Å². The van der Waals surface area contributed by atoms with E-state index in [2.05, 4.69) is 16.0 Å². The predicted molar refractivity (Wildman–Crippen MR) is 100 cm³/mol. The summed E-state index contributed by atoms with van der Waals surface area (Å²) in [7, 11) is 1.52. The molecule has 1 heterocycles. The molecule has 6 nitrogen and oxygen atoms in total. The van der Waals surface area contributed by atoms with Crippen molar-refractivity contribution in [1.29, 1.82) is 0 Å². The fourth-order valence-electron chi connectivity index (χ4n) is 2.98. The first kappa shape index (κ1) is 20.2. The second-order valence-corrected chi connectivity index (χ2v) is 6.37. The predicted octanol–water partition coefficient (Wildman–Crippen LogP) is 3.98. The van der Waals surface area contributed by atoms with E-state index in [1.807, 2.05) is 0 Å². The largest absolute Gasteiger partial charge is 0.497 e. The molecule has 0 radical (unpaired) electrons. The molecule has 1 unspecified atom stereocenters. The van der Waals surface area contributed by atoms with E-state index in [-0.39, 0.29) is 5.57 Å². The van der Waals surface area contributed by atoms with E-state index in [0.29, 0.717) is 22.7 Å².